The van der Waals surface area contributed by atoms with Crippen molar-refractivity contribution in [3.8, 4) is 0 Å². The van der Waals surface area contributed by atoms with Crippen molar-refractivity contribution in [1.29, 1.82) is 0 Å². The van der Waals surface area contributed by atoms with Gasteiger partial charge in [0.15, 0.2) is 0 Å². The molecule has 1 rings (SSSR count). The summed E-state index contributed by atoms with van der Waals surface area (Å²) in [4.78, 5) is 0. The highest BCUT2D eigenvalue weighted by atomic mass is 33.2. The van der Waals surface area contributed by atoms with Crippen molar-refractivity contribution in [2.45, 2.75) is 4.45 Å². The van der Waals surface area contributed by atoms with E-state index in [4.69, 9.17) is 0 Å². The van der Waals surface area contributed by atoms with Crippen LogP contribution in [0.2, 0.25) is 0 Å². The second-order valence-electron chi connectivity index (χ2n) is 0.849. The van der Waals surface area contributed by atoms with E-state index in [1.165, 1.54) is 21.6 Å². The fourth-order valence-electron chi connectivity index (χ4n) is 0.112. The Morgan fingerprint density at radius 2 is 1.57 bits per heavy atom. The fourth-order valence-corrected chi connectivity index (χ4v) is 2.10. The Labute approximate surface area is 60.3 Å². The van der Waals surface area contributed by atoms with Crippen LogP contribution >= 0.6 is 47.4 Å². The average molecular weight is 174 g/mol. The molecule has 0 aromatic heterocycles. The monoisotopic (exact) mass is 174 g/mol. The lowest BCUT2D eigenvalue weighted by Crippen LogP contribution is -2.02. The summed E-state index contributed by atoms with van der Waals surface area (Å²) in [7, 11) is 2.87. The molecular weight excluding hydrogens is 172 g/mol. The van der Waals surface area contributed by atoms with Gasteiger partial charge in [0.1, 0.15) is 0 Å². The van der Waals surface area contributed by atoms with Crippen molar-refractivity contribution in [2.75, 3.05) is 0 Å². The molecule has 1 heterocycles. The Kier molecular flexibility index (Phi) is 2.10. The highest BCUT2D eigenvalue weighted by Gasteiger charge is 2.49. The van der Waals surface area contributed by atoms with Crippen LogP contribution in [0.4, 0.5) is 0 Å². The normalized spacial score (nSPS) is 24.9. The standard InChI is InChI=1S/CH2O2S4/c4-2-1(3-5)6-7-1/h4-5H. The molecule has 0 saturated carbocycles. The lowest BCUT2D eigenvalue weighted by Gasteiger charge is -1.99. The van der Waals surface area contributed by atoms with Gasteiger partial charge in [0.05, 0.1) is 0 Å². The van der Waals surface area contributed by atoms with Crippen molar-refractivity contribution in [2.24, 2.45) is 0 Å². The summed E-state index contributed by atoms with van der Waals surface area (Å²) >= 11 is 7.06. The summed E-state index contributed by atoms with van der Waals surface area (Å²) in [5.74, 6) is 0. The van der Waals surface area contributed by atoms with Crippen LogP contribution in [-0.4, -0.2) is 4.45 Å². The molecule has 1 saturated heterocycles. The molecule has 0 N–H and O–H groups in total. The van der Waals surface area contributed by atoms with Crippen molar-refractivity contribution in [1.82, 2.24) is 0 Å². The third-order valence-electron chi connectivity index (χ3n) is 0.443. The van der Waals surface area contributed by atoms with Gasteiger partial charge in [-0.2, -0.15) is 0 Å². The molecule has 7 heavy (non-hydrogen) atoms. The second kappa shape index (κ2) is 2.28. The Bertz CT molecular complexity index is 64.1. The number of rotatable bonds is 2. The fraction of sp³-hybridized carbons (Fsp3) is 1.00. The van der Waals surface area contributed by atoms with Gasteiger partial charge in [-0.3, -0.25) is 8.37 Å². The first kappa shape index (κ1) is 6.44. The number of thiol groups is 2. The molecule has 0 aromatic rings. The van der Waals surface area contributed by atoms with Crippen molar-refractivity contribution in [3.05, 3.63) is 0 Å². The molecule has 2 nitrogen and oxygen atoms in total. The number of hydrogen-bond donors (Lipinski definition) is 2. The van der Waals surface area contributed by atoms with E-state index in [2.05, 4.69) is 34.2 Å². The summed E-state index contributed by atoms with van der Waals surface area (Å²) < 4.78 is 8.43. The highest BCUT2D eigenvalue weighted by Crippen LogP contribution is 2.66. The molecule has 42 valence electrons. The molecule has 0 unspecified atom stereocenters. The quantitative estimate of drug-likeness (QED) is 0.218. The van der Waals surface area contributed by atoms with Gasteiger partial charge in [0.25, 0.3) is 0 Å². The molecule has 0 radical (unpaired) electrons. The minimum absolute atomic E-state index is 0.605. The minimum Gasteiger partial charge on any atom is -0.263 e. The van der Waals surface area contributed by atoms with Gasteiger partial charge >= 0.3 is 4.45 Å². The predicted molar refractivity (Wildman–Crippen MR) is 38.1 cm³/mol. The zero-order chi connectivity index (χ0) is 5.33. The van der Waals surface area contributed by atoms with E-state index >= 15 is 0 Å². The number of hydrogen-bond acceptors (Lipinski definition) is 6. The smallest absolute Gasteiger partial charge is 0.263 e. The third kappa shape index (κ3) is 1.36. The Balaban J connectivity index is 2.28. The first-order chi connectivity index (χ1) is 3.33. The molecule has 0 aromatic carbocycles. The van der Waals surface area contributed by atoms with Crippen LogP contribution < -0.4 is 0 Å². The first-order valence-corrected chi connectivity index (χ1v) is 4.23. The molecule has 1 fully saturated rings. The van der Waals surface area contributed by atoms with Gasteiger partial charge in [-0.1, -0.05) is 0 Å². The summed E-state index contributed by atoms with van der Waals surface area (Å²) in [5, 5.41) is 0. The van der Waals surface area contributed by atoms with Crippen molar-refractivity contribution in [3.63, 3.8) is 0 Å². The lowest BCUT2D eigenvalue weighted by atomic mass is 11.5. The topological polar surface area (TPSA) is 18.5 Å². The predicted octanol–water partition coefficient (Wildman–Crippen LogP) is 1.72. The molecule has 0 bridgehead atoms. The third-order valence-corrected chi connectivity index (χ3v) is 3.54. The zero-order valence-electron chi connectivity index (χ0n) is 3.03. The van der Waals surface area contributed by atoms with E-state index in [1.807, 2.05) is 0 Å². The summed E-state index contributed by atoms with van der Waals surface area (Å²) in [6, 6.07) is 0. The molecule has 0 amide bonds. The van der Waals surface area contributed by atoms with Crippen LogP contribution in [0.1, 0.15) is 0 Å². The minimum atomic E-state index is -0.605. The van der Waals surface area contributed by atoms with Crippen LogP contribution in [0, 0.1) is 0 Å². The van der Waals surface area contributed by atoms with E-state index < -0.39 is 4.45 Å². The lowest BCUT2D eigenvalue weighted by molar-refractivity contribution is 0.113. The highest BCUT2D eigenvalue weighted by molar-refractivity contribution is 8.93. The van der Waals surface area contributed by atoms with Gasteiger partial charge in [0, 0.05) is 0 Å². The molecule has 1 aliphatic heterocycles. The summed E-state index contributed by atoms with van der Waals surface area (Å²) in [5.41, 5.74) is 0. The van der Waals surface area contributed by atoms with Crippen LogP contribution in [-0.2, 0) is 8.37 Å². The van der Waals surface area contributed by atoms with E-state index in [9.17, 15) is 0 Å². The largest absolute Gasteiger partial charge is 0.311 e. The molecular formula is CH2O2S4. The molecule has 0 aliphatic carbocycles. The SMILES string of the molecule is SOC1(OS)SS1. The van der Waals surface area contributed by atoms with E-state index in [0.29, 0.717) is 0 Å². The summed E-state index contributed by atoms with van der Waals surface area (Å²) in [6.07, 6.45) is 0. The Morgan fingerprint density at radius 1 is 1.14 bits per heavy atom. The summed E-state index contributed by atoms with van der Waals surface area (Å²) in [6.45, 7) is 0. The Hall–Kier alpha value is 1.32. The van der Waals surface area contributed by atoms with E-state index in [-0.39, 0.29) is 0 Å². The van der Waals surface area contributed by atoms with E-state index in [0.717, 1.165) is 0 Å². The first-order valence-electron chi connectivity index (χ1n) is 1.35. The van der Waals surface area contributed by atoms with Gasteiger partial charge in [-0.05, 0) is 47.4 Å². The van der Waals surface area contributed by atoms with Gasteiger partial charge in [0.2, 0.25) is 0 Å². The Morgan fingerprint density at radius 3 is 1.57 bits per heavy atom. The van der Waals surface area contributed by atoms with Crippen molar-refractivity contribution < 1.29 is 8.37 Å². The van der Waals surface area contributed by atoms with Gasteiger partial charge < -0.3 is 0 Å². The van der Waals surface area contributed by atoms with Crippen LogP contribution in [0.5, 0.6) is 0 Å². The van der Waals surface area contributed by atoms with E-state index in [1.54, 1.807) is 0 Å². The van der Waals surface area contributed by atoms with Gasteiger partial charge in [-0.25, -0.2) is 0 Å². The molecule has 0 atom stereocenters. The molecule has 1 aliphatic rings. The maximum absolute atomic E-state index is 4.52. The van der Waals surface area contributed by atoms with Crippen LogP contribution in [0.3, 0.4) is 0 Å². The zero-order valence-corrected chi connectivity index (χ0v) is 6.45. The van der Waals surface area contributed by atoms with Crippen molar-refractivity contribution >= 4 is 47.4 Å². The maximum atomic E-state index is 4.52. The molecule has 6 heteroatoms. The van der Waals surface area contributed by atoms with Crippen LogP contribution in [0.15, 0.2) is 0 Å². The second-order valence-corrected chi connectivity index (χ2v) is 3.88. The van der Waals surface area contributed by atoms with Crippen LogP contribution in [0.25, 0.3) is 0 Å². The average Bonchev–Trinajstić information content (AvgIpc) is 2.46. The van der Waals surface area contributed by atoms with Gasteiger partial charge in [-0.15, -0.1) is 0 Å². The molecule has 0 spiro atoms. The maximum Gasteiger partial charge on any atom is 0.311 e.